The summed E-state index contributed by atoms with van der Waals surface area (Å²) in [4.78, 5) is 13.8. The lowest BCUT2D eigenvalue weighted by Gasteiger charge is -2.18. The SMILES string of the molecule is Cc1ccccc1CN(C)C(=O)c1ccc(F)cc1. The van der Waals surface area contributed by atoms with Gasteiger partial charge < -0.3 is 4.90 Å². The first kappa shape index (κ1) is 13.3. The quantitative estimate of drug-likeness (QED) is 0.825. The van der Waals surface area contributed by atoms with Crippen LogP contribution in [0.15, 0.2) is 48.5 Å². The number of carbonyl (C=O) groups excluding carboxylic acids is 1. The average molecular weight is 257 g/mol. The van der Waals surface area contributed by atoms with Crippen molar-refractivity contribution in [2.75, 3.05) is 7.05 Å². The summed E-state index contributed by atoms with van der Waals surface area (Å²) >= 11 is 0. The van der Waals surface area contributed by atoms with Gasteiger partial charge in [0.2, 0.25) is 0 Å². The lowest BCUT2D eigenvalue weighted by Crippen LogP contribution is -2.26. The van der Waals surface area contributed by atoms with E-state index in [2.05, 4.69) is 0 Å². The highest BCUT2D eigenvalue weighted by Crippen LogP contribution is 2.12. The van der Waals surface area contributed by atoms with E-state index in [1.54, 1.807) is 11.9 Å². The largest absolute Gasteiger partial charge is 0.337 e. The first-order valence-corrected chi connectivity index (χ1v) is 6.13. The van der Waals surface area contributed by atoms with Gasteiger partial charge in [-0.15, -0.1) is 0 Å². The summed E-state index contributed by atoms with van der Waals surface area (Å²) in [5.41, 5.74) is 2.76. The van der Waals surface area contributed by atoms with Crippen LogP contribution in [0.25, 0.3) is 0 Å². The molecule has 0 heterocycles. The fraction of sp³-hybridized carbons (Fsp3) is 0.188. The van der Waals surface area contributed by atoms with Crippen molar-refractivity contribution in [3.05, 3.63) is 71.0 Å². The van der Waals surface area contributed by atoms with E-state index in [1.807, 2.05) is 31.2 Å². The van der Waals surface area contributed by atoms with Crippen molar-refractivity contribution in [3.8, 4) is 0 Å². The van der Waals surface area contributed by atoms with E-state index in [1.165, 1.54) is 24.3 Å². The second-order valence-electron chi connectivity index (χ2n) is 4.59. The van der Waals surface area contributed by atoms with Crippen molar-refractivity contribution in [2.45, 2.75) is 13.5 Å². The summed E-state index contributed by atoms with van der Waals surface area (Å²) < 4.78 is 12.8. The number of rotatable bonds is 3. The van der Waals surface area contributed by atoms with Crippen LogP contribution in [0, 0.1) is 12.7 Å². The highest BCUT2D eigenvalue weighted by Gasteiger charge is 2.12. The third-order valence-corrected chi connectivity index (χ3v) is 3.11. The maximum Gasteiger partial charge on any atom is 0.253 e. The van der Waals surface area contributed by atoms with Crippen LogP contribution in [0.3, 0.4) is 0 Å². The number of halogens is 1. The maximum absolute atomic E-state index is 12.8. The van der Waals surface area contributed by atoms with Gasteiger partial charge in [0.1, 0.15) is 5.82 Å². The van der Waals surface area contributed by atoms with Gasteiger partial charge in [-0.25, -0.2) is 4.39 Å². The van der Waals surface area contributed by atoms with E-state index < -0.39 is 0 Å². The van der Waals surface area contributed by atoms with Crippen LogP contribution in [0.1, 0.15) is 21.5 Å². The van der Waals surface area contributed by atoms with Gasteiger partial charge in [0, 0.05) is 19.2 Å². The number of benzene rings is 2. The molecule has 0 aliphatic carbocycles. The first-order chi connectivity index (χ1) is 9.08. The molecule has 0 aromatic heterocycles. The molecule has 0 N–H and O–H groups in total. The van der Waals surface area contributed by atoms with Gasteiger partial charge >= 0.3 is 0 Å². The molecular formula is C16H16FNO. The fourth-order valence-corrected chi connectivity index (χ4v) is 1.93. The lowest BCUT2D eigenvalue weighted by molar-refractivity contribution is 0.0785. The molecule has 0 bridgehead atoms. The molecule has 0 saturated carbocycles. The first-order valence-electron chi connectivity index (χ1n) is 6.13. The molecule has 0 spiro atoms. The predicted molar refractivity (Wildman–Crippen MR) is 73.4 cm³/mol. The fourth-order valence-electron chi connectivity index (χ4n) is 1.93. The second-order valence-corrected chi connectivity index (χ2v) is 4.59. The zero-order valence-corrected chi connectivity index (χ0v) is 11.1. The number of amides is 1. The van der Waals surface area contributed by atoms with Crippen LogP contribution in [0.5, 0.6) is 0 Å². The van der Waals surface area contributed by atoms with E-state index in [4.69, 9.17) is 0 Å². The molecule has 0 unspecified atom stereocenters. The number of carbonyl (C=O) groups is 1. The minimum absolute atomic E-state index is 0.108. The highest BCUT2D eigenvalue weighted by atomic mass is 19.1. The van der Waals surface area contributed by atoms with Crippen molar-refractivity contribution in [3.63, 3.8) is 0 Å². The normalized spacial score (nSPS) is 10.3. The second kappa shape index (κ2) is 5.65. The Morgan fingerprint density at radius 1 is 1.11 bits per heavy atom. The summed E-state index contributed by atoms with van der Waals surface area (Å²) in [5, 5.41) is 0. The van der Waals surface area contributed by atoms with E-state index in [0.717, 1.165) is 11.1 Å². The summed E-state index contributed by atoms with van der Waals surface area (Å²) in [7, 11) is 1.75. The predicted octanol–water partition coefficient (Wildman–Crippen LogP) is 3.41. The number of aryl methyl sites for hydroxylation is 1. The molecule has 2 nitrogen and oxygen atoms in total. The van der Waals surface area contributed by atoms with Gasteiger partial charge in [0.25, 0.3) is 5.91 Å². The minimum Gasteiger partial charge on any atom is -0.337 e. The smallest absolute Gasteiger partial charge is 0.253 e. The number of nitrogens with zero attached hydrogens (tertiary/aromatic N) is 1. The van der Waals surface area contributed by atoms with Gasteiger partial charge in [0.15, 0.2) is 0 Å². The lowest BCUT2D eigenvalue weighted by atomic mass is 10.1. The topological polar surface area (TPSA) is 20.3 Å². The Bertz CT molecular complexity index is 578. The van der Waals surface area contributed by atoms with E-state index >= 15 is 0 Å². The van der Waals surface area contributed by atoms with Crippen LogP contribution in [-0.4, -0.2) is 17.9 Å². The number of hydrogen-bond donors (Lipinski definition) is 0. The Labute approximate surface area is 112 Å². The minimum atomic E-state index is -0.335. The summed E-state index contributed by atoms with van der Waals surface area (Å²) in [6, 6.07) is 13.6. The van der Waals surface area contributed by atoms with Crippen LogP contribution in [0.2, 0.25) is 0 Å². The molecule has 0 aliphatic rings. The van der Waals surface area contributed by atoms with Crippen LogP contribution in [0.4, 0.5) is 4.39 Å². The van der Waals surface area contributed by atoms with Crippen molar-refractivity contribution in [2.24, 2.45) is 0 Å². The Hall–Kier alpha value is -2.16. The molecule has 2 aromatic rings. The van der Waals surface area contributed by atoms with Gasteiger partial charge in [0.05, 0.1) is 0 Å². The van der Waals surface area contributed by atoms with Crippen molar-refractivity contribution < 1.29 is 9.18 Å². The van der Waals surface area contributed by atoms with Gasteiger partial charge in [-0.05, 0) is 42.3 Å². The van der Waals surface area contributed by atoms with Crippen LogP contribution < -0.4 is 0 Å². The third-order valence-electron chi connectivity index (χ3n) is 3.11. The molecule has 2 rings (SSSR count). The van der Waals surface area contributed by atoms with Crippen LogP contribution in [-0.2, 0) is 6.54 Å². The molecule has 1 amide bonds. The standard InChI is InChI=1S/C16H16FNO/c1-12-5-3-4-6-14(12)11-18(2)16(19)13-7-9-15(17)10-8-13/h3-10H,11H2,1-2H3. The molecule has 0 fully saturated rings. The molecule has 0 saturated heterocycles. The molecule has 3 heteroatoms. The van der Waals surface area contributed by atoms with E-state index in [0.29, 0.717) is 12.1 Å². The molecule has 0 aliphatic heterocycles. The van der Waals surface area contributed by atoms with Gasteiger partial charge in [-0.1, -0.05) is 24.3 Å². The average Bonchev–Trinajstić information content (AvgIpc) is 2.41. The molecule has 0 atom stereocenters. The summed E-state index contributed by atoms with van der Waals surface area (Å²) in [5.74, 6) is -0.443. The van der Waals surface area contributed by atoms with Gasteiger partial charge in [-0.3, -0.25) is 4.79 Å². The van der Waals surface area contributed by atoms with Crippen molar-refractivity contribution in [1.82, 2.24) is 4.90 Å². The van der Waals surface area contributed by atoms with Crippen LogP contribution >= 0.6 is 0 Å². The molecule has 2 aromatic carbocycles. The Kier molecular flexibility index (Phi) is 3.95. The van der Waals surface area contributed by atoms with Gasteiger partial charge in [-0.2, -0.15) is 0 Å². The highest BCUT2D eigenvalue weighted by molar-refractivity contribution is 5.93. The number of hydrogen-bond acceptors (Lipinski definition) is 1. The monoisotopic (exact) mass is 257 g/mol. The Morgan fingerprint density at radius 3 is 2.37 bits per heavy atom. The Morgan fingerprint density at radius 2 is 1.74 bits per heavy atom. The van der Waals surface area contributed by atoms with Crippen molar-refractivity contribution >= 4 is 5.91 Å². The zero-order valence-electron chi connectivity index (χ0n) is 11.1. The summed E-state index contributed by atoms with van der Waals surface area (Å²) in [6.45, 7) is 2.56. The molecule has 19 heavy (non-hydrogen) atoms. The summed E-state index contributed by atoms with van der Waals surface area (Å²) in [6.07, 6.45) is 0. The maximum atomic E-state index is 12.8. The van der Waals surface area contributed by atoms with E-state index in [-0.39, 0.29) is 11.7 Å². The molecular weight excluding hydrogens is 241 g/mol. The molecule has 0 radical (unpaired) electrons. The zero-order chi connectivity index (χ0) is 13.8. The Balaban J connectivity index is 2.12. The molecule has 98 valence electrons. The third kappa shape index (κ3) is 3.19. The van der Waals surface area contributed by atoms with Crippen molar-refractivity contribution in [1.29, 1.82) is 0 Å². The van der Waals surface area contributed by atoms with E-state index in [9.17, 15) is 9.18 Å².